The molecule has 0 aliphatic heterocycles. The Bertz CT molecular complexity index is 843. The molecule has 5 atom stereocenters. The van der Waals surface area contributed by atoms with E-state index < -0.39 is 23.7 Å². The van der Waals surface area contributed by atoms with Gasteiger partial charge in [0.25, 0.3) is 5.91 Å². The minimum absolute atomic E-state index is 0.0489. The summed E-state index contributed by atoms with van der Waals surface area (Å²) in [5.74, 6) is -2.61. The van der Waals surface area contributed by atoms with Gasteiger partial charge in [0, 0.05) is 4.88 Å². The molecule has 2 amide bonds. The molecule has 2 bridgehead atoms. The summed E-state index contributed by atoms with van der Waals surface area (Å²) in [5, 5.41) is 12.9. The van der Waals surface area contributed by atoms with Crippen LogP contribution in [-0.2, 0) is 22.4 Å². The lowest BCUT2D eigenvalue weighted by molar-refractivity contribution is -0.146. The molecular formula is C20H24N2O4S. The maximum Gasteiger partial charge on any atom is 0.307 e. The summed E-state index contributed by atoms with van der Waals surface area (Å²) in [4.78, 5) is 37.9. The van der Waals surface area contributed by atoms with E-state index in [9.17, 15) is 19.5 Å². The molecule has 4 rings (SSSR count). The highest BCUT2D eigenvalue weighted by Gasteiger charge is 2.51. The number of carboxylic acids is 1. The molecule has 6 nitrogen and oxygen atoms in total. The second-order valence-electron chi connectivity index (χ2n) is 7.92. The standard InChI is InChI=1S/C20H24N2O4S/c1-2-9-3-6-12-13(7-9)27-19(16(12)17(21)23)22-18(24)14-10-4-5-11(8-10)15(14)20(25)26/h4-5,9-11,14-15H,2-3,6-8H2,1H3,(H2,21,23)(H,22,24)(H,25,26)/t9-,10-,11+,14-,15+/m1/s1. The van der Waals surface area contributed by atoms with Gasteiger partial charge in [0.1, 0.15) is 5.00 Å². The normalized spacial score (nSPS) is 30.9. The van der Waals surface area contributed by atoms with E-state index in [1.807, 2.05) is 12.2 Å². The quantitative estimate of drug-likeness (QED) is 0.674. The zero-order valence-corrected chi connectivity index (χ0v) is 16.1. The van der Waals surface area contributed by atoms with E-state index in [0.717, 1.165) is 36.1 Å². The first kappa shape index (κ1) is 18.2. The van der Waals surface area contributed by atoms with Crippen molar-refractivity contribution < 1.29 is 19.5 Å². The fourth-order valence-electron chi connectivity index (χ4n) is 5.06. The van der Waals surface area contributed by atoms with E-state index in [1.54, 1.807) is 0 Å². The van der Waals surface area contributed by atoms with Crippen LogP contribution in [0.2, 0.25) is 0 Å². The van der Waals surface area contributed by atoms with Gasteiger partial charge in [-0.3, -0.25) is 14.4 Å². The number of hydrogen-bond donors (Lipinski definition) is 3. The highest BCUT2D eigenvalue weighted by Crippen LogP contribution is 2.49. The Hall–Kier alpha value is -2.15. The Morgan fingerprint density at radius 2 is 1.96 bits per heavy atom. The Balaban J connectivity index is 1.62. The minimum Gasteiger partial charge on any atom is -0.481 e. The number of rotatable bonds is 5. The molecule has 144 valence electrons. The second kappa shape index (κ2) is 6.78. The number of hydrogen-bond acceptors (Lipinski definition) is 4. The molecule has 1 aromatic rings. The molecule has 3 aliphatic carbocycles. The fourth-order valence-corrected chi connectivity index (χ4v) is 6.43. The highest BCUT2D eigenvalue weighted by molar-refractivity contribution is 7.17. The molecular weight excluding hydrogens is 364 g/mol. The number of primary amides is 1. The first-order valence-electron chi connectivity index (χ1n) is 9.57. The predicted octanol–water partition coefficient (Wildman–Crippen LogP) is 2.82. The van der Waals surface area contributed by atoms with Crippen molar-refractivity contribution in [1.29, 1.82) is 0 Å². The zero-order chi connectivity index (χ0) is 19.3. The number of allylic oxidation sites excluding steroid dienone is 2. The number of carbonyl (C=O) groups excluding carboxylic acids is 2. The molecule has 3 aliphatic rings. The third-order valence-corrected chi connectivity index (χ3v) is 7.64. The molecule has 27 heavy (non-hydrogen) atoms. The van der Waals surface area contributed by atoms with Crippen LogP contribution in [0.5, 0.6) is 0 Å². The Kier molecular flexibility index (Phi) is 4.58. The first-order chi connectivity index (χ1) is 12.9. The van der Waals surface area contributed by atoms with Gasteiger partial charge in [-0.15, -0.1) is 11.3 Å². The molecule has 0 spiro atoms. The lowest BCUT2D eigenvalue weighted by Gasteiger charge is -2.23. The van der Waals surface area contributed by atoms with Crippen molar-refractivity contribution in [1.82, 2.24) is 0 Å². The molecule has 0 aromatic carbocycles. The van der Waals surface area contributed by atoms with Crippen molar-refractivity contribution in [2.45, 2.75) is 39.0 Å². The second-order valence-corrected chi connectivity index (χ2v) is 9.02. The topological polar surface area (TPSA) is 109 Å². The summed E-state index contributed by atoms with van der Waals surface area (Å²) in [6.45, 7) is 2.16. The number of carboxylic acid groups (broad SMARTS) is 1. The molecule has 1 aromatic heterocycles. The molecule has 0 radical (unpaired) electrons. The van der Waals surface area contributed by atoms with Crippen LogP contribution in [0.4, 0.5) is 5.00 Å². The van der Waals surface area contributed by atoms with Crippen molar-refractivity contribution in [2.75, 3.05) is 5.32 Å². The Labute approximate surface area is 161 Å². The smallest absolute Gasteiger partial charge is 0.307 e. The number of nitrogens with two attached hydrogens (primary N) is 1. The predicted molar refractivity (Wildman–Crippen MR) is 103 cm³/mol. The number of fused-ring (bicyclic) bond motifs is 3. The number of aliphatic carboxylic acids is 1. The monoisotopic (exact) mass is 388 g/mol. The largest absolute Gasteiger partial charge is 0.481 e. The third-order valence-electron chi connectivity index (χ3n) is 6.47. The zero-order valence-electron chi connectivity index (χ0n) is 15.2. The van der Waals surface area contributed by atoms with Crippen LogP contribution in [0.1, 0.15) is 47.0 Å². The number of nitrogens with one attached hydrogen (secondary N) is 1. The lowest BCUT2D eigenvalue weighted by Crippen LogP contribution is -2.36. The maximum atomic E-state index is 13.0. The average Bonchev–Trinajstić information content (AvgIpc) is 3.32. The van der Waals surface area contributed by atoms with Gasteiger partial charge in [-0.1, -0.05) is 25.5 Å². The fraction of sp³-hybridized carbons (Fsp3) is 0.550. The van der Waals surface area contributed by atoms with Gasteiger partial charge in [-0.25, -0.2) is 0 Å². The Morgan fingerprint density at radius 3 is 2.59 bits per heavy atom. The first-order valence-corrected chi connectivity index (χ1v) is 10.4. The molecule has 0 unspecified atom stereocenters. The van der Waals surface area contributed by atoms with E-state index in [-0.39, 0.29) is 17.7 Å². The van der Waals surface area contributed by atoms with E-state index in [1.165, 1.54) is 11.3 Å². The molecule has 1 saturated carbocycles. The molecule has 4 N–H and O–H groups in total. The van der Waals surface area contributed by atoms with E-state index in [0.29, 0.717) is 22.9 Å². The van der Waals surface area contributed by atoms with Crippen LogP contribution < -0.4 is 11.1 Å². The number of thiophene rings is 1. The summed E-state index contributed by atoms with van der Waals surface area (Å²) in [6.07, 6.45) is 8.38. The summed E-state index contributed by atoms with van der Waals surface area (Å²) in [7, 11) is 0. The van der Waals surface area contributed by atoms with Gasteiger partial charge in [0.05, 0.1) is 17.4 Å². The van der Waals surface area contributed by atoms with Gasteiger partial charge in [-0.05, 0) is 49.0 Å². The van der Waals surface area contributed by atoms with Crippen LogP contribution in [0.15, 0.2) is 12.2 Å². The summed E-state index contributed by atoms with van der Waals surface area (Å²) >= 11 is 1.43. The van der Waals surface area contributed by atoms with Crippen molar-refractivity contribution in [3.8, 4) is 0 Å². The summed E-state index contributed by atoms with van der Waals surface area (Å²) in [6, 6.07) is 0. The lowest BCUT2D eigenvalue weighted by atomic mass is 9.82. The van der Waals surface area contributed by atoms with Crippen molar-refractivity contribution in [2.24, 2.45) is 35.3 Å². The van der Waals surface area contributed by atoms with Crippen LogP contribution in [0.3, 0.4) is 0 Å². The molecule has 0 saturated heterocycles. The van der Waals surface area contributed by atoms with Gasteiger partial charge in [0.15, 0.2) is 0 Å². The molecule has 7 heteroatoms. The van der Waals surface area contributed by atoms with E-state index in [4.69, 9.17) is 5.73 Å². The Morgan fingerprint density at radius 1 is 1.26 bits per heavy atom. The van der Waals surface area contributed by atoms with Gasteiger partial charge < -0.3 is 16.2 Å². The summed E-state index contributed by atoms with van der Waals surface area (Å²) in [5.41, 5.74) is 7.01. The third kappa shape index (κ3) is 2.98. The van der Waals surface area contributed by atoms with Crippen LogP contribution in [-0.4, -0.2) is 22.9 Å². The van der Waals surface area contributed by atoms with Crippen molar-refractivity contribution in [3.05, 3.63) is 28.2 Å². The SMILES string of the molecule is CC[C@@H]1CCc2c(sc(NC(=O)[C@H]3[C@@H](C(=O)O)[C@H]4C=C[C@@H]3C4)c2C(N)=O)C1. The minimum atomic E-state index is -0.932. The van der Waals surface area contributed by atoms with E-state index >= 15 is 0 Å². The van der Waals surface area contributed by atoms with Crippen molar-refractivity contribution in [3.63, 3.8) is 0 Å². The number of amides is 2. The average molecular weight is 388 g/mol. The van der Waals surface area contributed by atoms with Gasteiger partial charge in [0.2, 0.25) is 5.91 Å². The number of carbonyl (C=O) groups is 3. The number of anilines is 1. The van der Waals surface area contributed by atoms with Crippen LogP contribution in [0.25, 0.3) is 0 Å². The van der Waals surface area contributed by atoms with E-state index in [2.05, 4.69) is 12.2 Å². The maximum absolute atomic E-state index is 13.0. The van der Waals surface area contributed by atoms with Crippen LogP contribution in [0, 0.1) is 29.6 Å². The molecule has 1 fully saturated rings. The van der Waals surface area contributed by atoms with Gasteiger partial charge >= 0.3 is 5.97 Å². The summed E-state index contributed by atoms with van der Waals surface area (Å²) < 4.78 is 0. The van der Waals surface area contributed by atoms with Gasteiger partial charge in [-0.2, -0.15) is 0 Å². The van der Waals surface area contributed by atoms with Crippen molar-refractivity contribution >= 4 is 34.1 Å². The van der Waals surface area contributed by atoms with Crippen LogP contribution >= 0.6 is 11.3 Å². The highest BCUT2D eigenvalue weighted by atomic mass is 32.1. The molecule has 1 heterocycles.